The average Bonchev–Trinajstić information content (AvgIpc) is 2.77. The van der Waals surface area contributed by atoms with Crippen molar-refractivity contribution in [3.05, 3.63) is 62.7 Å². The van der Waals surface area contributed by atoms with E-state index in [4.69, 9.17) is 5.10 Å². The van der Waals surface area contributed by atoms with Gasteiger partial charge in [0.05, 0.1) is 11.4 Å². The Labute approximate surface area is 162 Å². The number of hydrogen-bond acceptors (Lipinski definition) is 2. The molecule has 0 atom stereocenters. The molecule has 1 aliphatic rings. The minimum Gasteiger partial charge on any atom is -0.370 e. The van der Waals surface area contributed by atoms with Crippen LogP contribution in [0.15, 0.2) is 42.5 Å². The molecule has 1 N–H and O–H groups in total. The van der Waals surface area contributed by atoms with Crippen LogP contribution in [0.25, 0.3) is 16.9 Å². The molecule has 0 amide bonds. The van der Waals surface area contributed by atoms with Gasteiger partial charge in [0.15, 0.2) is 0 Å². The van der Waals surface area contributed by atoms with Gasteiger partial charge in [-0.2, -0.15) is 5.10 Å². The summed E-state index contributed by atoms with van der Waals surface area (Å²) in [5.41, 5.74) is 7.38. The Morgan fingerprint density at radius 1 is 1.00 bits per heavy atom. The van der Waals surface area contributed by atoms with Gasteiger partial charge in [-0.25, -0.2) is 4.68 Å². The highest BCUT2D eigenvalue weighted by atomic mass is 127. The van der Waals surface area contributed by atoms with Crippen molar-refractivity contribution >= 4 is 28.4 Å². The Balaban J connectivity index is 1.91. The van der Waals surface area contributed by atoms with Crippen molar-refractivity contribution < 1.29 is 0 Å². The summed E-state index contributed by atoms with van der Waals surface area (Å²) >= 11 is 2.34. The number of fused-ring (bicyclic) bond motifs is 1. The molecule has 1 aliphatic heterocycles. The lowest BCUT2D eigenvalue weighted by atomic mass is 10.00. The fraction of sp³-hybridized carbons (Fsp3) is 0.286. The first-order valence-electron chi connectivity index (χ1n) is 8.82. The molecule has 4 rings (SSSR count). The lowest BCUT2D eigenvalue weighted by Gasteiger charge is -2.09. The molecule has 0 saturated carbocycles. The average molecular weight is 443 g/mol. The molecule has 25 heavy (non-hydrogen) atoms. The summed E-state index contributed by atoms with van der Waals surface area (Å²) < 4.78 is 3.33. The van der Waals surface area contributed by atoms with Crippen LogP contribution < -0.4 is 5.32 Å². The van der Waals surface area contributed by atoms with Gasteiger partial charge in [-0.1, -0.05) is 17.2 Å². The molecule has 0 saturated heterocycles. The summed E-state index contributed by atoms with van der Waals surface area (Å²) in [5, 5.41) is 8.66. The number of hydrogen-bond donors (Lipinski definition) is 1. The van der Waals surface area contributed by atoms with Crippen molar-refractivity contribution in [2.24, 2.45) is 0 Å². The zero-order valence-electron chi connectivity index (χ0n) is 14.6. The molecule has 0 spiro atoms. The van der Waals surface area contributed by atoms with Crippen molar-refractivity contribution in [2.45, 2.75) is 33.1 Å². The maximum absolute atomic E-state index is 5.04. The van der Waals surface area contributed by atoms with Crippen LogP contribution in [-0.4, -0.2) is 16.3 Å². The van der Waals surface area contributed by atoms with Gasteiger partial charge in [-0.15, -0.1) is 0 Å². The van der Waals surface area contributed by atoms with E-state index >= 15 is 0 Å². The second-order valence-corrected chi connectivity index (χ2v) is 8.07. The standard InChI is InChI=1S/C21H22IN3/c1-14-11-15(2)13-16(12-14)20-19-5-3-4-10-23-21(19)25(24-20)18-8-6-17(22)7-9-18/h6-9,11-13,23H,3-5,10H2,1-2H3. The third-order valence-electron chi connectivity index (χ3n) is 4.70. The first-order chi connectivity index (χ1) is 12.1. The minimum atomic E-state index is 1.01. The predicted octanol–water partition coefficient (Wildman–Crippen LogP) is 5.51. The number of aryl methyl sites for hydroxylation is 2. The predicted molar refractivity (Wildman–Crippen MR) is 113 cm³/mol. The number of anilines is 1. The molecule has 4 heteroatoms. The quantitative estimate of drug-likeness (QED) is 0.530. The van der Waals surface area contributed by atoms with Crippen LogP contribution in [0.4, 0.5) is 5.82 Å². The maximum atomic E-state index is 5.04. The van der Waals surface area contributed by atoms with E-state index in [1.54, 1.807) is 0 Å². The summed E-state index contributed by atoms with van der Waals surface area (Å²) in [5.74, 6) is 1.16. The Morgan fingerprint density at radius 2 is 1.72 bits per heavy atom. The van der Waals surface area contributed by atoms with E-state index in [9.17, 15) is 0 Å². The van der Waals surface area contributed by atoms with Crippen LogP contribution >= 0.6 is 22.6 Å². The van der Waals surface area contributed by atoms with E-state index in [1.807, 2.05) is 0 Å². The normalized spacial score (nSPS) is 13.9. The molecule has 2 aromatic carbocycles. The highest BCUT2D eigenvalue weighted by Crippen LogP contribution is 2.34. The first-order valence-corrected chi connectivity index (χ1v) is 9.90. The largest absolute Gasteiger partial charge is 0.370 e. The first kappa shape index (κ1) is 16.6. The van der Waals surface area contributed by atoms with Gasteiger partial charge in [0.25, 0.3) is 0 Å². The minimum absolute atomic E-state index is 1.01. The fourth-order valence-corrected chi connectivity index (χ4v) is 3.97. The van der Waals surface area contributed by atoms with E-state index < -0.39 is 0 Å². The summed E-state index contributed by atoms with van der Waals surface area (Å²) in [4.78, 5) is 0. The molecular weight excluding hydrogens is 421 g/mol. The maximum Gasteiger partial charge on any atom is 0.133 e. The van der Waals surface area contributed by atoms with E-state index in [2.05, 4.69) is 88.9 Å². The highest BCUT2D eigenvalue weighted by molar-refractivity contribution is 14.1. The highest BCUT2D eigenvalue weighted by Gasteiger charge is 2.21. The van der Waals surface area contributed by atoms with Gasteiger partial charge in [0, 0.05) is 21.2 Å². The van der Waals surface area contributed by atoms with Crippen LogP contribution in [0, 0.1) is 17.4 Å². The van der Waals surface area contributed by atoms with Gasteiger partial charge in [0.2, 0.25) is 0 Å². The molecule has 0 fully saturated rings. The summed E-state index contributed by atoms with van der Waals surface area (Å²) in [6.07, 6.45) is 3.48. The molecule has 0 aliphatic carbocycles. The molecule has 3 nitrogen and oxygen atoms in total. The van der Waals surface area contributed by atoms with Crippen molar-refractivity contribution in [3.8, 4) is 16.9 Å². The third kappa shape index (κ3) is 3.32. The third-order valence-corrected chi connectivity index (χ3v) is 5.41. The zero-order chi connectivity index (χ0) is 17.4. The van der Waals surface area contributed by atoms with Crippen molar-refractivity contribution in [2.75, 3.05) is 11.9 Å². The molecular formula is C21H22IN3. The molecule has 2 heterocycles. The number of halogens is 1. The Morgan fingerprint density at radius 3 is 2.44 bits per heavy atom. The lowest BCUT2D eigenvalue weighted by Crippen LogP contribution is -2.07. The van der Waals surface area contributed by atoms with Gasteiger partial charge in [-0.3, -0.25) is 0 Å². The Bertz CT molecular complexity index is 889. The van der Waals surface area contributed by atoms with Crippen LogP contribution in [0.1, 0.15) is 29.5 Å². The van der Waals surface area contributed by atoms with Crippen LogP contribution in [0.5, 0.6) is 0 Å². The van der Waals surface area contributed by atoms with Crippen LogP contribution in [0.3, 0.4) is 0 Å². The topological polar surface area (TPSA) is 29.9 Å². The molecule has 0 bridgehead atoms. The number of aromatic nitrogens is 2. The second kappa shape index (κ2) is 6.83. The number of benzene rings is 2. The Hall–Kier alpha value is -1.82. The fourth-order valence-electron chi connectivity index (χ4n) is 3.61. The number of rotatable bonds is 2. The van der Waals surface area contributed by atoms with E-state index in [-0.39, 0.29) is 0 Å². The Kier molecular flexibility index (Phi) is 4.54. The van der Waals surface area contributed by atoms with Gasteiger partial charge in [-0.05, 0) is 92.1 Å². The zero-order valence-corrected chi connectivity index (χ0v) is 16.8. The van der Waals surface area contributed by atoms with E-state index in [0.29, 0.717) is 0 Å². The smallest absolute Gasteiger partial charge is 0.133 e. The second-order valence-electron chi connectivity index (χ2n) is 6.82. The summed E-state index contributed by atoms with van der Waals surface area (Å²) in [6, 6.07) is 15.3. The number of nitrogens with one attached hydrogen (secondary N) is 1. The molecule has 0 radical (unpaired) electrons. The van der Waals surface area contributed by atoms with Crippen LogP contribution in [-0.2, 0) is 6.42 Å². The number of nitrogens with zero attached hydrogens (tertiary/aromatic N) is 2. The van der Waals surface area contributed by atoms with Gasteiger partial charge >= 0.3 is 0 Å². The summed E-state index contributed by atoms with van der Waals surface area (Å²) in [7, 11) is 0. The van der Waals surface area contributed by atoms with E-state index in [0.717, 1.165) is 30.2 Å². The van der Waals surface area contributed by atoms with Crippen molar-refractivity contribution in [1.29, 1.82) is 0 Å². The molecule has 3 aromatic rings. The van der Waals surface area contributed by atoms with Crippen molar-refractivity contribution in [3.63, 3.8) is 0 Å². The molecule has 128 valence electrons. The SMILES string of the molecule is Cc1cc(C)cc(-c2nn(-c3ccc(I)cc3)c3c2CCCCN3)c1. The van der Waals surface area contributed by atoms with E-state index in [1.165, 1.54) is 38.7 Å². The lowest BCUT2D eigenvalue weighted by molar-refractivity contribution is 0.780. The van der Waals surface area contributed by atoms with Gasteiger partial charge < -0.3 is 5.32 Å². The monoisotopic (exact) mass is 443 g/mol. The van der Waals surface area contributed by atoms with Gasteiger partial charge in [0.1, 0.15) is 5.82 Å². The van der Waals surface area contributed by atoms with Crippen molar-refractivity contribution in [1.82, 2.24) is 9.78 Å². The molecule has 0 unspecified atom stereocenters. The van der Waals surface area contributed by atoms with Crippen LogP contribution in [0.2, 0.25) is 0 Å². The summed E-state index contributed by atoms with van der Waals surface area (Å²) in [6.45, 7) is 5.32. The molecule has 1 aromatic heterocycles.